The molecular formula is C25H28N2O2. The lowest BCUT2D eigenvalue weighted by molar-refractivity contribution is 0.243. The van der Waals surface area contributed by atoms with Crippen LogP contribution in [-0.4, -0.2) is 24.1 Å². The summed E-state index contributed by atoms with van der Waals surface area (Å²) in [7, 11) is 3.47. The number of rotatable bonds is 8. The summed E-state index contributed by atoms with van der Waals surface area (Å²) < 4.78 is 11.1. The Morgan fingerprint density at radius 2 is 1.45 bits per heavy atom. The highest BCUT2D eigenvalue weighted by Gasteiger charge is 2.17. The molecule has 3 aromatic rings. The highest BCUT2D eigenvalue weighted by molar-refractivity contribution is 5.45. The van der Waals surface area contributed by atoms with Crippen molar-refractivity contribution in [3.8, 4) is 11.5 Å². The molecule has 0 saturated carbocycles. The second-order valence-corrected chi connectivity index (χ2v) is 7.64. The maximum atomic E-state index is 5.75. The molecule has 0 atom stereocenters. The van der Waals surface area contributed by atoms with Gasteiger partial charge in [0.25, 0.3) is 0 Å². The summed E-state index contributed by atoms with van der Waals surface area (Å²) in [6.07, 6.45) is 7.30. The fourth-order valence-electron chi connectivity index (χ4n) is 4.11. The van der Waals surface area contributed by atoms with Crippen LogP contribution in [0.15, 0.2) is 60.9 Å². The van der Waals surface area contributed by atoms with Crippen molar-refractivity contribution >= 4 is 0 Å². The van der Waals surface area contributed by atoms with Crippen LogP contribution < -0.4 is 9.47 Å². The first-order valence-electron chi connectivity index (χ1n) is 10.2. The minimum atomic E-state index is 0.838. The molecule has 0 fully saturated rings. The van der Waals surface area contributed by atoms with Crippen LogP contribution in [0, 0.1) is 0 Å². The molecule has 1 heterocycles. The van der Waals surface area contributed by atoms with E-state index in [1.54, 1.807) is 14.2 Å². The largest absolute Gasteiger partial charge is 0.497 e. The average molecular weight is 389 g/mol. The third-order valence-corrected chi connectivity index (χ3v) is 5.61. The molecule has 0 radical (unpaired) electrons. The van der Waals surface area contributed by atoms with Gasteiger partial charge in [-0.15, -0.1) is 0 Å². The number of ether oxygens (including phenoxy) is 2. The number of aromatic nitrogens is 1. The number of hydrogen-bond acceptors (Lipinski definition) is 4. The van der Waals surface area contributed by atoms with Gasteiger partial charge in [-0.25, -0.2) is 0 Å². The van der Waals surface area contributed by atoms with Gasteiger partial charge in [0.15, 0.2) is 0 Å². The van der Waals surface area contributed by atoms with Crippen LogP contribution in [-0.2, 0) is 32.5 Å². The maximum absolute atomic E-state index is 5.75. The van der Waals surface area contributed by atoms with E-state index in [4.69, 9.17) is 9.47 Å². The van der Waals surface area contributed by atoms with E-state index in [1.807, 2.05) is 24.5 Å². The molecule has 0 aliphatic heterocycles. The zero-order valence-corrected chi connectivity index (χ0v) is 17.2. The van der Waals surface area contributed by atoms with Crippen LogP contribution in [0.1, 0.15) is 34.2 Å². The van der Waals surface area contributed by atoms with Gasteiger partial charge in [-0.1, -0.05) is 18.2 Å². The van der Waals surface area contributed by atoms with E-state index in [0.717, 1.165) is 31.1 Å². The first kappa shape index (κ1) is 19.5. The Bertz CT molecular complexity index is 939. The van der Waals surface area contributed by atoms with E-state index in [1.165, 1.54) is 47.1 Å². The van der Waals surface area contributed by atoms with Crippen molar-refractivity contribution in [2.24, 2.45) is 0 Å². The van der Waals surface area contributed by atoms with Crippen molar-refractivity contribution < 1.29 is 9.47 Å². The molecule has 1 aliphatic rings. The van der Waals surface area contributed by atoms with Crippen molar-refractivity contribution in [3.05, 3.63) is 88.7 Å². The number of nitrogens with zero attached hydrogens (tertiary/aromatic N) is 2. The van der Waals surface area contributed by atoms with Gasteiger partial charge in [0.05, 0.1) is 14.2 Å². The molecule has 29 heavy (non-hydrogen) atoms. The Labute approximate surface area is 173 Å². The Hall–Kier alpha value is -2.85. The van der Waals surface area contributed by atoms with Gasteiger partial charge in [0.1, 0.15) is 11.5 Å². The molecule has 0 amide bonds. The molecule has 1 aromatic heterocycles. The number of hydrogen-bond donors (Lipinski definition) is 0. The fourth-order valence-corrected chi connectivity index (χ4v) is 4.11. The van der Waals surface area contributed by atoms with Crippen molar-refractivity contribution in [2.45, 2.75) is 38.9 Å². The van der Waals surface area contributed by atoms with Gasteiger partial charge in [-0.2, -0.15) is 0 Å². The fraction of sp³-hybridized carbons (Fsp3) is 0.320. The smallest absolute Gasteiger partial charge is 0.123 e. The predicted octanol–water partition coefficient (Wildman–Crippen LogP) is 4.79. The molecule has 0 unspecified atom stereocenters. The monoisotopic (exact) mass is 388 g/mol. The van der Waals surface area contributed by atoms with Gasteiger partial charge < -0.3 is 9.47 Å². The van der Waals surface area contributed by atoms with Crippen LogP contribution in [0.4, 0.5) is 0 Å². The van der Waals surface area contributed by atoms with Crippen molar-refractivity contribution in [3.63, 3.8) is 0 Å². The van der Waals surface area contributed by atoms with Crippen LogP contribution in [0.5, 0.6) is 11.5 Å². The first-order valence-corrected chi connectivity index (χ1v) is 10.2. The summed E-state index contributed by atoms with van der Waals surface area (Å²) >= 11 is 0. The lowest BCUT2D eigenvalue weighted by Crippen LogP contribution is -2.23. The standard InChI is InChI=1S/C25H28N2O2/c1-28-24-8-6-19(7-9-24)16-27(17-20-10-12-26-13-11-20)18-23-14-21-4-3-5-22(21)15-25(23)29-2/h6-15H,3-5,16-18H2,1-2H3. The summed E-state index contributed by atoms with van der Waals surface area (Å²) in [5.74, 6) is 1.88. The normalized spacial score (nSPS) is 12.8. The Morgan fingerprint density at radius 3 is 2.10 bits per heavy atom. The Kier molecular flexibility index (Phi) is 6.11. The van der Waals surface area contributed by atoms with Crippen molar-refractivity contribution in [2.75, 3.05) is 14.2 Å². The van der Waals surface area contributed by atoms with E-state index in [9.17, 15) is 0 Å². The molecule has 4 heteroatoms. The molecule has 1 aliphatic carbocycles. The lowest BCUT2D eigenvalue weighted by atomic mass is 10.0. The van der Waals surface area contributed by atoms with Crippen molar-refractivity contribution in [1.29, 1.82) is 0 Å². The Morgan fingerprint density at radius 1 is 0.793 bits per heavy atom. The van der Waals surface area contributed by atoms with E-state index >= 15 is 0 Å². The third kappa shape index (κ3) is 4.77. The average Bonchev–Trinajstić information content (AvgIpc) is 3.21. The SMILES string of the molecule is COc1ccc(CN(Cc2ccncc2)Cc2cc3c(cc2OC)CCC3)cc1. The summed E-state index contributed by atoms with van der Waals surface area (Å²) in [6.45, 7) is 2.55. The summed E-state index contributed by atoms with van der Waals surface area (Å²) in [6, 6.07) is 17.1. The minimum absolute atomic E-state index is 0.838. The molecule has 4 nitrogen and oxygen atoms in total. The minimum Gasteiger partial charge on any atom is -0.497 e. The quantitative estimate of drug-likeness (QED) is 0.556. The molecule has 0 bridgehead atoms. The van der Waals surface area contributed by atoms with E-state index < -0.39 is 0 Å². The Balaban J connectivity index is 1.59. The highest BCUT2D eigenvalue weighted by atomic mass is 16.5. The van der Waals surface area contributed by atoms with Gasteiger partial charge in [0, 0.05) is 37.6 Å². The molecule has 150 valence electrons. The maximum Gasteiger partial charge on any atom is 0.123 e. The number of aryl methyl sites for hydroxylation is 2. The first-order chi connectivity index (χ1) is 14.2. The second-order valence-electron chi connectivity index (χ2n) is 7.64. The topological polar surface area (TPSA) is 34.6 Å². The molecule has 4 rings (SSSR count). The number of fused-ring (bicyclic) bond motifs is 1. The number of benzene rings is 2. The van der Waals surface area contributed by atoms with Gasteiger partial charge in [0.2, 0.25) is 0 Å². The van der Waals surface area contributed by atoms with Crippen LogP contribution in [0.25, 0.3) is 0 Å². The van der Waals surface area contributed by atoms with Crippen LogP contribution in [0.2, 0.25) is 0 Å². The number of pyridine rings is 1. The molecule has 0 saturated heterocycles. The molecular weight excluding hydrogens is 360 g/mol. The van der Waals surface area contributed by atoms with Gasteiger partial charge in [-0.3, -0.25) is 9.88 Å². The van der Waals surface area contributed by atoms with Crippen LogP contribution in [0.3, 0.4) is 0 Å². The summed E-state index contributed by atoms with van der Waals surface area (Å²) in [5, 5.41) is 0. The summed E-state index contributed by atoms with van der Waals surface area (Å²) in [5.41, 5.74) is 6.71. The van der Waals surface area contributed by atoms with Crippen LogP contribution >= 0.6 is 0 Å². The molecule has 0 spiro atoms. The van der Waals surface area contributed by atoms with Crippen molar-refractivity contribution in [1.82, 2.24) is 9.88 Å². The van der Waals surface area contributed by atoms with E-state index in [-0.39, 0.29) is 0 Å². The zero-order valence-electron chi connectivity index (χ0n) is 17.2. The second kappa shape index (κ2) is 9.10. The number of methoxy groups -OCH3 is 2. The van der Waals surface area contributed by atoms with E-state index in [2.05, 4.69) is 46.3 Å². The van der Waals surface area contributed by atoms with Gasteiger partial charge >= 0.3 is 0 Å². The zero-order chi connectivity index (χ0) is 20.1. The molecule has 0 N–H and O–H groups in total. The predicted molar refractivity (Wildman–Crippen MR) is 115 cm³/mol. The van der Waals surface area contributed by atoms with E-state index in [0.29, 0.717) is 0 Å². The third-order valence-electron chi connectivity index (χ3n) is 5.61. The van der Waals surface area contributed by atoms with Gasteiger partial charge in [-0.05, 0) is 71.8 Å². The lowest BCUT2D eigenvalue weighted by Gasteiger charge is -2.24. The highest BCUT2D eigenvalue weighted by Crippen LogP contribution is 2.31. The summed E-state index contributed by atoms with van der Waals surface area (Å²) in [4.78, 5) is 6.61. The molecule has 2 aromatic carbocycles.